The molecule has 0 saturated heterocycles. The molecule has 2 aromatic carbocycles. The van der Waals surface area contributed by atoms with E-state index in [0.29, 0.717) is 11.3 Å². The van der Waals surface area contributed by atoms with Gasteiger partial charge in [-0.15, -0.1) is 0 Å². The number of nitrogens with zero attached hydrogens (tertiary/aromatic N) is 1. The Morgan fingerprint density at radius 1 is 0.966 bits per heavy atom. The molecular formula is C21H20N2O6. The number of carbonyl (C=O) groups is 3. The first-order chi connectivity index (χ1) is 13.8. The fourth-order valence-electron chi connectivity index (χ4n) is 3.10. The van der Waals surface area contributed by atoms with Gasteiger partial charge in [0.15, 0.2) is 5.58 Å². The fourth-order valence-corrected chi connectivity index (χ4v) is 3.10. The van der Waals surface area contributed by atoms with Crippen molar-refractivity contribution in [3.8, 4) is 0 Å². The van der Waals surface area contributed by atoms with Crippen molar-refractivity contribution >= 4 is 34.5 Å². The second kappa shape index (κ2) is 8.14. The quantitative estimate of drug-likeness (QED) is 0.660. The van der Waals surface area contributed by atoms with E-state index in [1.54, 1.807) is 0 Å². The SMILES string of the molecule is COC(=O)c1cc(NC(=O)Cc2noc3c(C)cc(C)cc23)cc(C(=O)OC)c1. The van der Waals surface area contributed by atoms with E-state index in [4.69, 9.17) is 14.0 Å². The third-order valence-electron chi connectivity index (χ3n) is 4.36. The van der Waals surface area contributed by atoms with Gasteiger partial charge in [-0.2, -0.15) is 0 Å². The van der Waals surface area contributed by atoms with Gasteiger partial charge in [-0.25, -0.2) is 9.59 Å². The molecule has 8 nitrogen and oxygen atoms in total. The lowest BCUT2D eigenvalue weighted by molar-refractivity contribution is -0.115. The molecule has 1 heterocycles. The molecule has 1 aromatic heterocycles. The molecule has 0 aliphatic carbocycles. The van der Waals surface area contributed by atoms with Crippen molar-refractivity contribution in [2.45, 2.75) is 20.3 Å². The Hall–Kier alpha value is -3.68. The van der Waals surface area contributed by atoms with Crippen molar-refractivity contribution in [2.75, 3.05) is 19.5 Å². The summed E-state index contributed by atoms with van der Waals surface area (Å²) in [6, 6.07) is 8.07. The predicted octanol–water partition coefficient (Wildman–Crippen LogP) is 3.20. The van der Waals surface area contributed by atoms with Crippen LogP contribution in [0.25, 0.3) is 11.0 Å². The summed E-state index contributed by atoms with van der Waals surface area (Å²) < 4.78 is 14.8. The normalized spacial score (nSPS) is 10.6. The second-order valence-corrected chi connectivity index (χ2v) is 6.59. The molecule has 0 bridgehead atoms. The highest BCUT2D eigenvalue weighted by Gasteiger charge is 2.17. The van der Waals surface area contributed by atoms with E-state index in [2.05, 4.69) is 10.5 Å². The lowest BCUT2D eigenvalue weighted by atomic mass is 10.1. The van der Waals surface area contributed by atoms with Crippen molar-refractivity contribution in [2.24, 2.45) is 0 Å². The maximum Gasteiger partial charge on any atom is 0.337 e. The molecule has 3 aromatic rings. The fraction of sp³-hybridized carbons (Fsp3) is 0.238. The molecule has 0 spiro atoms. The number of benzene rings is 2. The van der Waals surface area contributed by atoms with Crippen LogP contribution in [0.5, 0.6) is 0 Å². The van der Waals surface area contributed by atoms with Crippen molar-refractivity contribution in [3.05, 3.63) is 58.3 Å². The number of anilines is 1. The average molecular weight is 396 g/mol. The molecule has 150 valence electrons. The minimum atomic E-state index is -0.639. The van der Waals surface area contributed by atoms with Gasteiger partial charge >= 0.3 is 11.9 Å². The van der Waals surface area contributed by atoms with Crippen molar-refractivity contribution < 1.29 is 28.4 Å². The predicted molar refractivity (Wildman–Crippen MR) is 105 cm³/mol. The lowest BCUT2D eigenvalue weighted by Crippen LogP contribution is -2.16. The van der Waals surface area contributed by atoms with E-state index in [1.807, 2.05) is 26.0 Å². The Morgan fingerprint density at radius 2 is 1.59 bits per heavy atom. The van der Waals surface area contributed by atoms with Gasteiger partial charge in [0.1, 0.15) is 5.69 Å². The van der Waals surface area contributed by atoms with Crippen LogP contribution in [-0.2, 0) is 20.7 Å². The molecule has 0 aliphatic rings. The lowest BCUT2D eigenvalue weighted by Gasteiger charge is -2.09. The number of nitrogens with one attached hydrogen (secondary N) is 1. The monoisotopic (exact) mass is 396 g/mol. The van der Waals surface area contributed by atoms with Crippen LogP contribution in [0.15, 0.2) is 34.9 Å². The molecule has 0 unspecified atom stereocenters. The number of methoxy groups -OCH3 is 2. The molecule has 1 N–H and O–H groups in total. The first-order valence-corrected chi connectivity index (χ1v) is 8.79. The number of carbonyl (C=O) groups excluding carboxylic acids is 3. The minimum absolute atomic E-state index is 0.0358. The van der Waals surface area contributed by atoms with Crippen molar-refractivity contribution in [1.82, 2.24) is 5.16 Å². The Morgan fingerprint density at radius 3 is 2.17 bits per heavy atom. The number of aromatic nitrogens is 1. The number of esters is 2. The third kappa shape index (κ3) is 4.26. The van der Waals surface area contributed by atoms with E-state index in [0.717, 1.165) is 16.5 Å². The Bertz CT molecular complexity index is 1080. The van der Waals surface area contributed by atoms with E-state index in [-0.39, 0.29) is 29.1 Å². The Balaban J connectivity index is 1.87. The standard InChI is InChI=1S/C21H20N2O6/c1-11-5-12(2)19-16(6-11)17(23-29-19)10-18(24)22-15-8-13(20(25)27-3)7-14(9-15)21(26)28-4/h5-9H,10H2,1-4H3,(H,22,24). The zero-order valence-corrected chi connectivity index (χ0v) is 16.5. The van der Waals surface area contributed by atoms with Crippen molar-refractivity contribution in [3.63, 3.8) is 0 Å². The van der Waals surface area contributed by atoms with E-state index in [1.165, 1.54) is 32.4 Å². The summed E-state index contributed by atoms with van der Waals surface area (Å²) in [4.78, 5) is 36.3. The molecular weight excluding hydrogens is 376 g/mol. The van der Waals surface area contributed by atoms with Gasteiger partial charge < -0.3 is 19.3 Å². The van der Waals surface area contributed by atoms with E-state index >= 15 is 0 Å². The second-order valence-electron chi connectivity index (χ2n) is 6.59. The van der Waals surface area contributed by atoms with Gasteiger partial charge in [0.25, 0.3) is 0 Å². The molecule has 0 saturated carbocycles. The van der Waals surface area contributed by atoms with Crippen LogP contribution < -0.4 is 5.32 Å². The van der Waals surface area contributed by atoms with Crippen molar-refractivity contribution in [1.29, 1.82) is 0 Å². The number of aryl methyl sites for hydroxylation is 2. The highest BCUT2D eigenvalue weighted by atomic mass is 16.5. The molecule has 0 fully saturated rings. The molecule has 0 aliphatic heterocycles. The van der Waals surface area contributed by atoms with Gasteiger partial charge in [0.05, 0.1) is 31.8 Å². The molecule has 0 radical (unpaired) electrons. The highest BCUT2D eigenvalue weighted by Crippen LogP contribution is 2.24. The van der Waals surface area contributed by atoms with Gasteiger partial charge in [0.2, 0.25) is 5.91 Å². The van der Waals surface area contributed by atoms with Gasteiger partial charge in [-0.05, 0) is 49.2 Å². The van der Waals surface area contributed by atoms with Crippen LogP contribution in [-0.4, -0.2) is 37.2 Å². The summed E-state index contributed by atoms with van der Waals surface area (Å²) in [5.74, 6) is -1.66. The number of hydrogen-bond donors (Lipinski definition) is 1. The Kier molecular flexibility index (Phi) is 5.63. The van der Waals surface area contributed by atoms with Crippen LogP contribution in [0.3, 0.4) is 0 Å². The summed E-state index contributed by atoms with van der Waals surface area (Å²) in [6.45, 7) is 3.87. The summed E-state index contributed by atoms with van der Waals surface area (Å²) in [5, 5.41) is 7.46. The maximum atomic E-state index is 12.6. The average Bonchev–Trinajstić information content (AvgIpc) is 3.09. The highest BCUT2D eigenvalue weighted by molar-refractivity contribution is 6.00. The number of amides is 1. The van der Waals surface area contributed by atoms with Crippen LogP contribution in [0.1, 0.15) is 37.5 Å². The third-order valence-corrected chi connectivity index (χ3v) is 4.36. The minimum Gasteiger partial charge on any atom is -0.465 e. The van der Waals surface area contributed by atoms with E-state index in [9.17, 15) is 14.4 Å². The first-order valence-electron chi connectivity index (χ1n) is 8.79. The summed E-state index contributed by atoms with van der Waals surface area (Å²) in [7, 11) is 2.45. The summed E-state index contributed by atoms with van der Waals surface area (Å²) >= 11 is 0. The van der Waals surface area contributed by atoms with Crippen LogP contribution in [0.2, 0.25) is 0 Å². The number of fused-ring (bicyclic) bond motifs is 1. The number of hydrogen-bond acceptors (Lipinski definition) is 7. The largest absolute Gasteiger partial charge is 0.465 e. The summed E-state index contributed by atoms with van der Waals surface area (Å²) in [6.07, 6.45) is -0.0358. The molecule has 3 rings (SSSR count). The molecule has 0 atom stereocenters. The van der Waals surface area contributed by atoms with E-state index < -0.39 is 11.9 Å². The van der Waals surface area contributed by atoms with Crippen LogP contribution in [0.4, 0.5) is 5.69 Å². The van der Waals surface area contributed by atoms with Crippen LogP contribution >= 0.6 is 0 Å². The topological polar surface area (TPSA) is 108 Å². The smallest absolute Gasteiger partial charge is 0.337 e. The number of ether oxygens (including phenoxy) is 2. The van der Waals surface area contributed by atoms with Crippen LogP contribution in [0, 0.1) is 13.8 Å². The van der Waals surface area contributed by atoms with Gasteiger partial charge in [0, 0.05) is 11.1 Å². The zero-order chi connectivity index (χ0) is 21.1. The van der Waals surface area contributed by atoms with Gasteiger partial charge in [-0.3, -0.25) is 4.79 Å². The molecule has 8 heteroatoms. The molecule has 1 amide bonds. The van der Waals surface area contributed by atoms with Gasteiger partial charge in [-0.1, -0.05) is 11.2 Å². The maximum absolute atomic E-state index is 12.6. The molecule has 29 heavy (non-hydrogen) atoms. The first kappa shape index (κ1) is 20.1. The zero-order valence-electron chi connectivity index (χ0n) is 16.5. The summed E-state index contributed by atoms with van der Waals surface area (Å²) in [5.41, 5.74) is 3.60. The number of rotatable bonds is 5. The Labute approximate surface area is 166 Å².